The highest BCUT2D eigenvalue weighted by Gasteiger charge is 2.43. The van der Waals surface area contributed by atoms with Crippen LogP contribution in [0.15, 0.2) is 64.9 Å². The average Bonchev–Trinajstić information content (AvgIpc) is 3.96. The Hall–Kier alpha value is -4.92. The molecule has 4 fully saturated rings. The average molecular weight is 973 g/mol. The van der Waals surface area contributed by atoms with Crippen molar-refractivity contribution in [2.24, 2.45) is 17.6 Å². The molecule has 0 spiro atoms. The number of nitrogens with one attached hydrogen (secondary N) is 1. The molecule has 4 aliphatic rings. The number of likely N-dealkylation sites (tertiary alicyclic amines) is 1. The molecule has 8 rings (SSSR count). The van der Waals surface area contributed by atoms with Gasteiger partial charge in [-0.05, 0) is 63.5 Å². The van der Waals surface area contributed by atoms with Gasteiger partial charge in [-0.3, -0.25) is 19.3 Å². The van der Waals surface area contributed by atoms with Gasteiger partial charge in [0, 0.05) is 101 Å². The van der Waals surface area contributed by atoms with Crippen LogP contribution in [-0.2, 0) is 21.0 Å². The van der Waals surface area contributed by atoms with Gasteiger partial charge in [-0.1, -0.05) is 72.8 Å². The van der Waals surface area contributed by atoms with Crippen molar-refractivity contribution >= 4 is 52.7 Å². The Labute approximate surface area is 408 Å². The van der Waals surface area contributed by atoms with Crippen molar-refractivity contribution in [2.45, 2.75) is 113 Å². The number of anilines is 2. The zero-order chi connectivity index (χ0) is 48.1. The normalized spacial score (nSPS) is 21.3. The first-order chi connectivity index (χ1) is 32.7. The Morgan fingerprint density at radius 3 is 2.34 bits per heavy atom. The molecule has 5 N–H and O–H groups in total. The van der Waals surface area contributed by atoms with E-state index in [0.717, 1.165) is 49.5 Å². The van der Waals surface area contributed by atoms with Crippen LogP contribution in [0.5, 0.6) is 0 Å². The summed E-state index contributed by atoms with van der Waals surface area (Å²) in [7, 11) is 0. The quantitative estimate of drug-likeness (QED) is 0.133. The lowest BCUT2D eigenvalue weighted by molar-refractivity contribution is -0.142. The largest absolute Gasteiger partial charge is 0.391 e. The number of aromatic nitrogens is 6. The second-order valence-corrected chi connectivity index (χ2v) is 20.9. The molecule has 1 aromatic carbocycles. The molecule has 4 aromatic rings. The number of aryl methyl sites for hydroxylation is 1. The lowest BCUT2D eigenvalue weighted by atomic mass is 9.91. The van der Waals surface area contributed by atoms with Crippen LogP contribution in [0, 0.1) is 18.8 Å². The van der Waals surface area contributed by atoms with Crippen LogP contribution in [-0.4, -0.2) is 156 Å². The van der Waals surface area contributed by atoms with Crippen LogP contribution in [0.4, 0.5) is 11.6 Å². The van der Waals surface area contributed by atoms with Gasteiger partial charge in [-0.25, -0.2) is 19.6 Å². The van der Waals surface area contributed by atoms with Crippen molar-refractivity contribution in [3.05, 3.63) is 77.0 Å². The highest BCUT2D eigenvalue weighted by atomic mass is 35.5. The molecule has 3 aromatic heterocycles. The number of carbonyl (C=O) groups is 3. The summed E-state index contributed by atoms with van der Waals surface area (Å²) < 4.78 is 1.56. The second kappa shape index (κ2) is 21.8. The second-order valence-electron chi connectivity index (χ2n) is 19.4. The fourth-order valence-electron chi connectivity index (χ4n) is 9.94. The van der Waals surface area contributed by atoms with Crippen molar-refractivity contribution in [1.29, 1.82) is 0 Å². The molecule has 366 valence electrons. The van der Waals surface area contributed by atoms with Gasteiger partial charge in [0.2, 0.25) is 17.7 Å². The summed E-state index contributed by atoms with van der Waals surface area (Å²) in [5, 5.41) is 33.6. The van der Waals surface area contributed by atoms with Crippen molar-refractivity contribution in [1.82, 2.24) is 50.0 Å². The number of nitrogens with zero attached hydrogens (tertiary/aromatic N) is 11. The third-order valence-electron chi connectivity index (χ3n) is 13.9. The molecule has 18 nitrogen and oxygen atoms in total. The molecular weight excluding hydrogens is 906 g/mol. The summed E-state index contributed by atoms with van der Waals surface area (Å²) in [6.07, 6.45) is 8.22. The van der Waals surface area contributed by atoms with E-state index in [9.17, 15) is 24.6 Å². The van der Waals surface area contributed by atoms with Gasteiger partial charge in [0.15, 0.2) is 5.82 Å². The molecule has 4 aliphatic heterocycles. The van der Waals surface area contributed by atoms with Crippen molar-refractivity contribution in [3.8, 4) is 0 Å². The van der Waals surface area contributed by atoms with E-state index in [4.69, 9.17) is 27.3 Å². The number of nitrogens with two attached hydrogens (primary N) is 1. The molecule has 4 saturated heterocycles. The summed E-state index contributed by atoms with van der Waals surface area (Å²) in [4.78, 5) is 67.0. The van der Waals surface area contributed by atoms with Gasteiger partial charge in [0.25, 0.3) is 0 Å². The Kier molecular flexibility index (Phi) is 15.9. The number of aliphatic hydroxyl groups is 2. The number of hydrogen-bond donors (Lipinski definition) is 4. The van der Waals surface area contributed by atoms with Gasteiger partial charge >= 0.3 is 0 Å². The summed E-state index contributed by atoms with van der Waals surface area (Å²) in [6.45, 7) is 13.8. The lowest BCUT2D eigenvalue weighted by Gasteiger charge is -2.39. The number of piperidine rings is 2. The van der Waals surface area contributed by atoms with E-state index in [1.807, 2.05) is 62.1 Å². The number of hydrogen-bond acceptors (Lipinski definition) is 15. The van der Waals surface area contributed by atoms with Gasteiger partial charge in [-0.15, -0.1) is 5.10 Å². The number of carbonyl (C=O) groups excluding carboxylic acids is 3. The number of β-amino-alcohol motifs (C(OH)–C–C–N with tert-alkyl or cyclic N) is 1. The number of pyridine rings is 1. The van der Waals surface area contributed by atoms with Gasteiger partial charge in [0.1, 0.15) is 28.6 Å². The van der Waals surface area contributed by atoms with Crippen LogP contribution in [0.1, 0.15) is 88.3 Å². The fraction of sp³-hybridized carbons (Fsp3) is 0.583. The number of benzene rings is 1. The summed E-state index contributed by atoms with van der Waals surface area (Å²) in [6, 6.07) is 9.89. The SMILES string of the molecule is Cc1cn([C@H](C(=O)N2C[C@H](O)C[C@H]2C(=O)N[C@@H](CCN2CCN(C(=O)C3CCN(c4nccc(Sc5cnc(N6CCC(C)(N)CC6)c(CO)n5)c4Cl)CC3)CC2)c2ccccc2)C(C)C)nn1. The summed E-state index contributed by atoms with van der Waals surface area (Å²) in [5.41, 5.74) is 8.31. The first-order valence-electron chi connectivity index (χ1n) is 24.0. The minimum atomic E-state index is -0.825. The van der Waals surface area contributed by atoms with Crippen LogP contribution >= 0.6 is 23.4 Å². The highest BCUT2D eigenvalue weighted by molar-refractivity contribution is 7.99. The molecular formula is C48H66ClN13O5S. The monoisotopic (exact) mass is 971 g/mol. The van der Waals surface area contributed by atoms with E-state index in [0.29, 0.717) is 85.1 Å². The van der Waals surface area contributed by atoms with Crippen LogP contribution in [0.3, 0.4) is 0 Å². The van der Waals surface area contributed by atoms with E-state index >= 15 is 0 Å². The highest BCUT2D eigenvalue weighted by Crippen LogP contribution is 2.39. The molecule has 3 amide bonds. The summed E-state index contributed by atoms with van der Waals surface area (Å²) in [5.74, 6) is 0.775. The van der Waals surface area contributed by atoms with Crippen molar-refractivity contribution < 1.29 is 24.6 Å². The van der Waals surface area contributed by atoms with Gasteiger partial charge in [-0.2, -0.15) is 0 Å². The number of rotatable bonds is 15. The molecule has 4 atom stereocenters. The first kappa shape index (κ1) is 49.5. The molecule has 0 bridgehead atoms. The van der Waals surface area contributed by atoms with Crippen LogP contribution < -0.4 is 20.9 Å². The number of aliphatic hydroxyl groups excluding tert-OH is 2. The maximum absolute atomic E-state index is 14.1. The van der Waals surface area contributed by atoms with Crippen molar-refractivity contribution in [2.75, 3.05) is 75.2 Å². The Bertz CT molecular complexity index is 2370. The smallest absolute Gasteiger partial charge is 0.248 e. The maximum Gasteiger partial charge on any atom is 0.248 e. The van der Waals surface area contributed by atoms with Gasteiger partial charge < -0.3 is 40.9 Å². The number of piperazine rings is 1. The van der Waals surface area contributed by atoms with Crippen LogP contribution in [0.2, 0.25) is 5.02 Å². The Balaban J connectivity index is 0.821. The fourth-order valence-corrected chi connectivity index (χ4v) is 11.1. The van der Waals surface area contributed by atoms with E-state index in [-0.39, 0.29) is 60.7 Å². The van der Waals surface area contributed by atoms with Gasteiger partial charge in [0.05, 0.1) is 35.7 Å². The van der Waals surface area contributed by atoms with Crippen LogP contribution in [0.25, 0.3) is 0 Å². The molecule has 0 radical (unpaired) electrons. The number of amides is 3. The van der Waals surface area contributed by atoms with Crippen molar-refractivity contribution in [3.63, 3.8) is 0 Å². The minimum absolute atomic E-state index is 0.0702. The zero-order valence-electron chi connectivity index (χ0n) is 39.6. The molecule has 68 heavy (non-hydrogen) atoms. The van der Waals surface area contributed by atoms with E-state index in [1.165, 1.54) is 16.7 Å². The predicted molar refractivity (Wildman–Crippen MR) is 260 cm³/mol. The minimum Gasteiger partial charge on any atom is -0.391 e. The number of halogens is 1. The Morgan fingerprint density at radius 2 is 1.68 bits per heavy atom. The molecule has 0 unspecified atom stereocenters. The predicted octanol–water partition coefficient (Wildman–Crippen LogP) is 3.85. The van der Waals surface area contributed by atoms with E-state index < -0.39 is 18.2 Å². The standard InChI is InChI=1S/C48H66ClN13O5S/c1-31(2)42(62-28-32(3)55-56-62)47(67)61-29-35(64)26-38(61)45(65)54-36(33-8-6-5-7-9-33)13-17-57-22-24-60(25-23-57)46(66)34-11-18-58(19-12-34)44-41(49)39(10-16-51-44)68-40-27-52-43(37(30-63)53-40)59-20-14-48(4,50)15-21-59/h5-10,16,27-28,31,34-36,38,42,63-64H,11-15,17-26,29-30,50H2,1-4H3,(H,54,65)/t35-,36+,38+,42+/m1/s1. The molecule has 0 saturated carbocycles. The molecule has 0 aliphatic carbocycles. The maximum atomic E-state index is 14.1. The van der Waals surface area contributed by atoms with E-state index in [2.05, 4.69) is 42.2 Å². The molecule has 7 heterocycles. The molecule has 20 heteroatoms. The lowest BCUT2D eigenvalue weighted by Crippen LogP contribution is -2.52. The van der Waals surface area contributed by atoms with E-state index in [1.54, 1.807) is 23.3 Å². The zero-order valence-corrected chi connectivity index (χ0v) is 41.2. The Morgan fingerprint density at radius 1 is 0.971 bits per heavy atom. The first-order valence-corrected chi connectivity index (χ1v) is 25.2. The summed E-state index contributed by atoms with van der Waals surface area (Å²) >= 11 is 8.39. The topological polar surface area (TPSA) is 215 Å². The third-order valence-corrected chi connectivity index (χ3v) is 15.4. The third kappa shape index (κ3) is 11.6.